The van der Waals surface area contributed by atoms with E-state index in [1.807, 2.05) is 0 Å². The molecule has 0 saturated carbocycles. The Bertz CT molecular complexity index is 328. The standard InChI is InChI=1S/C9H13F2N3O2/c10-7(11)5-15-2-1-8-13-9(16-14-8)6-3-12-4-6/h6-7,12H,1-5H2. The first-order valence-electron chi connectivity index (χ1n) is 5.15. The highest BCUT2D eigenvalue weighted by molar-refractivity contribution is 5.00. The zero-order valence-corrected chi connectivity index (χ0v) is 8.66. The first-order chi connectivity index (χ1) is 7.75. The Kier molecular flexibility index (Phi) is 3.79. The number of alkyl halides is 2. The number of ether oxygens (including phenoxy) is 1. The summed E-state index contributed by atoms with van der Waals surface area (Å²) in [6.45, 7) is 1.34. The van der Waals surface area contributed by atoms with Crippen molar-refractivity contribution in [2.24, 2.45) is 0 Å². The Balaban J connectivity index is 1.70. The molecule has 0 radical (unpaired) electrons. The highest BCUT2D eigenvalue weighted by Gasteiger charge is 2.24. The van der Waals surface area contributed by atoms with Crippen LogP contribution in [0.4, 0.5) is 8.78 Å². The van der Waals surface area contributed by atoms with E-state index in [-0.39, 0.29) is 6.61 Å². The fourth-order valence-corrected chi connectivity index (χ4v) is 1.33. The van der Waals surface area contributed by atoms with Gasteiger partial charge >= 0.3 is 0 Å². The van der Waals surface area contributed by atoms with Crippen LogP contribution < -0.4 is 5.32 Å². The summed E-state index contributed by atoms with van der Waals surface area (Å²) in [4.78, 5) is 4.16. The van der Waals surface area contributed by atoms with Crippen LogP contribution in [0.25, 0.3) is 0 Å². The minimum Gasteiger partial charge on any atom is -0.375 e. The molecule has 0 atom stereocenters. The summed E-state index contributed by atoms with van der Waals surface area (Å²) in [5.41, 5.74) is 0. The quantitative estimate of drug-likeness (QED) is 0.728. The average Bonchev–Trinajstić information content (AvgIpc) is 2.58. The molecule has 1 aromatic heterocycles. The molecule has 90 valence electrons. The number of rotatable bonds is 6. The number of aromatic nitrogens is 2. The maximum atomic E-state index is 11.7. The maximum absolute atomic E-state index is 11.7. The van der Waals surface area contributed by atoms with Gasteiger partial charge in [-0.3, -0.25) is 0 Å². The van der Waals surface area contributed by atoms with E-state index in [0.29, 0.717) is 24.1 Å². The first kappa shape index (κ1) is 11.4. The summed E-state index contributed by atoms with van der Waals surface area (Å²) in [5, 5.41) is 6.85. The third-order valence-electron chi connectivity index (χ3n) is 2.33. The predicted octanol–water partition coefficient (Wildman–Crippen LogP) is 0.581. The van der Waals surface area contributed by atoms with Crippen LogP contribution in [0.1, 0.15) is 17.6 Å². The molecule has 0 spiro atoms. The Hall–Kier alpha value is -1.08. The molecule has 2 heterocycles. The lowest BCUT2D eigenvalue weighted by molar-refractivity contribution is 0.0182. The highest BCUT2D eigenvalue weighted by Crippen LogP contribution is 2.17. The lowest BCUT2D eigenvalue weighted by Crippen LogP contribution is -2.40. The Labute approximate surface area is 91.2 Å². The molecule has 5 nitrogen and oxygen atoms in total. The second-order valence-corrected chi connectivity index (χ2v) is 3.62. The fourth-order valence-electron chi connectivity index (χ4n) is 1.33. The Morgan fingerprint density at radius 1 is 1.50 bits per heavy atom. The van der Waals surface area contributed by atoms with Crippen molar-refractivity contribution in [2.75, 3.05) is 26.3 Å². The summed E-state index contributed by atoms with van der Waals surface area (Å²) < 4.78 is 33.3. The van der Waals surface area contributed by atoms with Gasteiger partial charge in [-0.1, -0.05) is 5.16 Å². The second kappa shape index (κ2) is 5.31. The molecular formula is C9H13F2N3O2. The van der Waals surface area contributed by atoms with E-state index in [0.717, 1.165) is 13.1 Å². The number of halogens is 2. The van der Waals surface area contributed by atoms with Crippen LogP contribution in [0.3, 0.4) is 0 Å². The molecule has 1 saturated heterocycles. The van der Waals surface area contributed by atoms with E-state index in [4.69, 9.17) is 9.26 Å². The van der Waals surface area contributed by atoms with Crippen molar-refractivity contribution in [3.8, 4) is 0 Å². The molecule has 1 N–H and O–H groups in total. The molecule has 1 aliphatic rings. The van der Waals surface area contributed by atoms with Crippen LogP contribution in [-0.2, 0) is 11.2 Å². The first-order valence-corrected chi connectivity index (χ1v) is 5.15. The zero-order chi connectivity index (χ0) is 11.4. The predicted molar refractivity (Wildman–Crippen MR) is 50.4 cm³/mol. The summed E-state index contributed by atoms with van der Waals surface area (Å²) in [7, 11) is 0. The van der Waals surface area contributed by atoms with Crippen LogP contribution in [0, 0.1) is 0 Å². The van der Waals surface area contributed by atoms with E-state index in [1.165, 1.54) is 0 Å². The molecule has 2 rings (SSSR count). The molecule has 0 aromatic carbocycles. The van der Waals surface area contributed by atoms with Gasteiger partial charge in [0.25, 0.3) is 6.43 Å². The van der Waals surface area contributed by atoms with Gasteiger partial charge in [0.05, 0.1) is 12.5 Å². The average molecular weight is 233 g/mol. The summed E-state index contributed by atoms with van der Waals surface area (Å²) in [5.74, 6) is 1.42. The SMILES string of the molecule is FC(F)COCCc1noc(C2CNC2)n1. The Morgan fingerprint density at radius 2 is 2.31 bits per heavy atom. The monoisotopic (exact) mass is 233 g/mol. The number of nitrogens with one attached hydrogen (secondary N) is 1. The smallest absolute Gasteiger partial charge is 0.261 e. The number of hydrogen-bond acceptors (Lipinski definition) is 5. The van der Waals surface area contributed by atoms with Crippen LogP contribution in [0.15, 0.2) is 4.52 Å². The van der Waals surface area contributed by atoms with Gasteiger partial charge in [-0.15, -0.1) is 0 Å². The third kappa shape index (κ3) is 2.96. The van der Waals surface area contributed by atoms with Crippen molar-refractivity contribution in [1.29, 1.82) is 0 Å². The van der Waals surface area contributed by atoms with Crippen molar-refractivity contribution in [2.45, 2.75) is 18.8 Å². The van der Waals surface area contributed by atoms with Crippen molar-refractivity contribution in [3.63, 3.8) is 0 Å². The van der Waals surface area contributed by atoms with E-state index < -0.39 is 13.0 Å². The molecule has 1 aromatic rings. The van der Waals surface area contributed by atoms with Gasteiger partial charge in [0.1, 0.15) is 6.61 Å². The molecule has 0 unspecified atom stereocenters. The second-order valence-electron chi connectivity index (χ2n) is 3.62. The minimum atomic E-state index is -2.43. The van der Waals surface area contributed by atoms with Gasteiger partial charge in [0, 0.05) is 19.5 Å². The largest absolute Gasteiger partial charge is 0.375 e. The fraction of sp³-hybridized carbons (Fsp3) is 0.778. The number of hydrogen-bond donors (Lipinski definition) is 1. The minimum absolute atomic E-state index is 0.187. The lowest BCUT2D eigenvalue weighted by atomic mass is 10.0. The zero-order valence-electron chi connectivity index (χ0n) is 8.66. The van der Waals surface area contributed by atoms with E-state index in [9.17, 15) is 8.78 Å². The molecule has 0 aliphatic carbocycles. The number of nitrogens with zero attached hydrogens (tertiary/aromatic N) is 2. The maximum Gasteiger partial charge on any atom is 0.261 e. The van der Waals surface area contributed by atoms with Crippen molar-refractivity contribution in [1.82, 2.24) is 15.5 Å². The topological polar surface area (TPSA) is 60.2 Å². The van der Waals surface area contributed by atoms with Crippen molar-refractivity contribution < 1.29 is 18.0 Å². The third-order valence-corrected chi connectivity index (χ3v) is 2.33. The summed E-state index contributed by atoms with van der Waals surface area (Å²) in [6.07, 6.45) is -2.03. The van der Waals surface area contributed by atoms with Crippen LogP contribution in [0.5, 0.6) is 0 Å². The van der Waals surface area contributed by atoms with E-state index in [2.05, 4.69) is 15.5 Å². The Morgan fingerprint density at radius 3 is 2.94 bits per heavy atom. The van der Waals surface area contributed by atoms with Crippen molar-refractivity contribution >= 4 is 0 Å². The van der Waals surface area contributed by atoms with Gasteiger partial charge in [0.2, 0.25) is 5.89 Å². The van der Waals surface area contributed by atoms with E-state index in [1.54, 1.807) is 0 Å². The normalized spacial score (nSPS) is 16.7. The van der Waals surface area contributed by atoms with Gasteiger partial charge in [-0.05, 0) is 0 Å². The van der Waals surface area contributed by atoms with Gasteiger partial charge in [-0.25, -0.2) is 8.78 Å². The molecular weight excluding hydrogens is 220 g/mol. The molecule has 7 heteroatoms. The van der Waals surface area contributed by atoms with Gasteiger partial charge in [-0.2, -0.15) is 4.98 Å². The molecule has 16 heavy (non-hydrogen) atoms. The molecule has 1 fully saturated rings. The molecule has 0 amide bonds. The molecule has 1 aliphatic heterocycles. The highest BCUT2D eigenvalue weighted by atomic mass is 19.3. The summed E-state index contributed by atoms with van der Waals surface area (Å²) >= 11 is 0. The van der Waals surface area contributed by atoms with Crippen LogP contribution in [0.2, 0.25) is 0 Å². The lowest BCUT2D eigenvalue weighted by Gasteiger charge is -2.22. The van der Waals surface area contributed by atoms with E-state index >= 15 is 0 Å². The van der Waals surface area contributed by atoms with Crippen molar-refractivity contribution in [3.05, 3.63) is 11.7 Å². The van der Waals surface area contributed by atoms with Crippen LogP contribution in [-0.4, -0.2) is 42.9 Å². The van der Waals surface area contributed by atoms with Gasteiger partial charge in [0.15, 0.2) is 5.82 Å². The summed E-state index contributed by atoms with van der Waals surface area (Å²) in [6, 6.07) is 0. The van der Waals surface area contributed by atoms with Crippen LogP contribution >= 0.6 is 0 Å². The molecule has 0 bridgehead atoms. The van der Waals surface area contributed by atoms with Gasteiger partial charge < -0.3 is 14.6 Å².